The number of thiocarbonyl (C=S) groups is 1. The Morgan fingerprint density at radius 3 is 2.94 bits per heavy atom. The second-order valence-electron chi connectivity index (χ2n) is 4.47. The zero-order valence-electron chi connectivity index (χ0n) is 9.98. The Morgan fingerprint density at radius 2 is 2.29 bits per heavy atom. The van der Waals surface area contributed by atoms with E-state index >= 15 is 0 Å². The quantitative estimate of drug-likeness (QED) is 0.804. The Balaban J connectivity index is 2.09. The molecule has 0 radical (unpaired) electrons. The normalized spacial score (nSPS) is 21.1. The van der Waals surface area contributed by atoms with E-state index in [2.05, 4.69) is 12.2 Å². The molecule has 2 unspecified atom stereocenters. The predicted octanol–water partition coefficient (Wildman–Crippen LogP) is 2.16. The number of nitrogens with one attached hydrogen (secondary N) is 1. The molecule has 3 nitrogen and oxygen atoms in total. The lowest BCUT2D eigenvalue weighted by Gasteiger charge is -2.22. The number of benzene rings is 1. The first kappa shape index (κ1) is 12.3. The molecule has 0 spiro atoms. The van der Waals surface area contributed by atoms with Gasteiger partial charge >= 0.3 is 0 Å². The summed E-state index contributed by atoms with van der Waals surface area (Å²) in [7, 11) is 0. The van der Waals surface area contributed by atoms with E-state index in [1.54, 1.807) is 0 Å². The van der Waals surface area contributed by atoms with Crippen LogP contribution in [-0.2, 0) is 4.74 Å². The van der Waals surface area contributed by atoms with Crippen LogP contribution in [0.5, 0.6) is 0 Å². The fourth-order valence-electron chi connectivity index (χ4n) is 2.13. The minimum atomic E-state index is 0.369. The number of hydrogen-bond donors (Lipinski definition) is 2. The summed E-state index contributed by atoms with van der Waals surface area (Å²) in [5, 5.41) is 3.49. The van der Waals surface area contributed by atoms with Gasteiger partial charge in [0.25, 0.3) is 0 Å². The first-order chi connectivity index (χ1) is 8.18. The van der Waals surface area contributed by atoms with Gasteiger partial charge in [-0.05, 0) is 25.5 Å². The average Bonchev–Trinajstić information content (AvgIpc) is 2.83. The van der Waals surface area contributed by atoms with E-state index in [-0.39, 0.29) is 0 Å². The Hall–Kier alpha value is -1.13. The van der Waals surface area contributed by atoms with Crippen LogP contribution in [0.2, 0.25) is 0 Å². The molecule has 3 N–H and O–H groups in total. The third-order valence-corrected chi connectivity index (χ3v) is 3.47. The molecule has 0 aliphatic carbocycles. The molecule has 0 amide bonds. The van der Waals surface area contributed by atoms with E-state index in [4.69, 9.17) is 22.7 Å². The molecule has 0 bridgehead atoms. The molecule has 0 aromatic heterocycles. The van der Waals surface area contributed by atoms with Crippen molar-refractivity contribution in [3.8, 4) is 0 Å². The number of para-hydroxylation sites is 1. The molecule has 1 saturated heterocycles. The number of rotatable bonds is 4. The third kappa shape index (κ3) is 2.96. The first-order valence-corrected chi connectivity index (χ1v) is 6.32. The Morgan fingerprint density at radius 1 is 1.53 bits per heavy atom. The van der Waals surface area contributed by atoms with Gasteiger partial charge in [-0.25, -0.2) is 0 Å². The number of anilines is 1. The number of ether oxygens (including phenoxy) is 1. The monoisotopic (exact) mass is 250 g/mol. The lowest BCUT2D eigenvalue weighted by atomic mass is 10.00. The van der Waals surface area contributed by atoms with Gasteiger partial charge in [0.2, 0.25) is 0 Å². The zero-order valence-corrected chi connectivity index (χ0v) is 10.8. The smallest absolute Gasteiger partial charge is 0.106 e. The van der Waals surface area contributed by atoms with Crippen molar-refractivity contribution in [1.82, 2.24) is 0 Å². The minimum absolute atomic E-state index is 0.369. The standard InChI is InChI=1S/C13H18N2OS/c1-9(10-6-7-16-8-10)15-12-5-3-2-4-11(12)13(14)17/h2-5,9-10,15H,6-8H2,1H3,(H2,14,17). The molecule has 1 aliphatic heterocycles. The van der Waals surface area contributed by atoms with Crippen LogP contribution in [0, 0.1) is 5.92 Å². The van der Waals surface area contributed by atoms with Crippen molar-refractivity contribution in [3.63, 3.8) is 0 Å². The molecule has 1 heterocycles. The molecular formula is C13H18N2OS. The Labute approximate surface area is 107 Å². The summed E-state index contributed by atoms with van der Waals surface area (Å²) in [5.74, 6) is 0.564. The summed E-state index contributed by atoms with van der Waals surface area (Å²) in [4.78, 5) is 0.433. The number of nitrogens with two attached hydrogens (primary N) is 1. The van der Waals surface area contributed by atoms with Gasteiger partial charge in [0.15, 0.2) is 0 Å². The average molecular weight is 250 g/mol. The van der Waals surface area contributed by atoms with Crippen molar-refractivity contribution in [1.29, 1.82) is 0 Å². The molecule has 0 saturated carbocycles. The minimum Gasteiger partial charge on any atom is -0.389 e. The summed E-state index contributed by atoms with van der Waals surface area (Å²) in [6, 6.07) is 8.27. The summed E-state index contributed by atoms with van der Waals surface area (Å²) in [5.41, 5.74) is 7.63. The fourth-order valence-corrected chi connectivity index (χ4v) is 2.31. The fraction of sp³-hybridized carbons (Fsp3) is 0.462. The van der Waals surface area contributed by atoms with Gasteiger partial charge in [-0.1, -0.05) is 24.4 Å². The van der Waals surface area contributed by atoms with Gasteiger partial charge in [-0.15, -0.1) is 0 Å². The second-order valence-corrected chi connectivity index (χ2v) is 4.91. The maximum Gasteiger partial charge on any atom is 0.106 e. The van der Waals surface area contributed by atoms with Crippen molar-refractivity contribution in [2.75, 3.05) is 18.5 Å². The van der Waals surface area contributed by atoms with E-state index in [1.807, 2.05) is 24.3 Å². The molecular weight excluding hydrogens is 232 g/mol. The van der Waals surface area contributed by atoms with Crippen LogP contribution in [-0.4, -0.2) is 24.2 Å². The van der Waals surface area contributed by atoms with Crippen LogP contribution in [0.3, 0.4) is 0 Å². The van der Waals surface area contributed by atoms with Crippen molar-refractivity contribution in [2.45, 2.75) is 19.4 Å². The molecule has 2 rings (SSSR count). The van der Waals surface area contributed by atoms with E-state index in [9.17, 15) is 0 Å². The topological polar surface area (TPSA) is 47.3 Å². The molecule has 92 valence electrons. The largest absolute Gasteiger partial charge is 0.389 e. The van der Waals surface area contributed by atoms with Crippen molar-refractivity contribution in [2.24, 2.45) is 11.7 Å². The molecule has 1 aromatic carbocycles. The maximum atomic E-state index is 5.71. The third-order valence-electron chi connectivity index (χ3n) is 3.25. The molecule has 1 aromatic rings. The van der Waals surface area contributed by atoms with Crippen LogP contribution < -0.4 is 11.1 Å². The van der Waals surface area contributed by atoms with Crippen LogP contribution in [0.15, 0.2) is 24.3 Å². The molecule has 1 aliphatic rings. The van der Waals surface area contributed by atoms with Crippen LogP contribution in [0.1, 0.15) is 18.9 Å². The van der Waals surface area contributed by atoms with Gasteiger partial charge in [0.05, 0.1) is 6.61 Å². The van der Waals surface area contributed by atoms with E-state index in [1.165, 1.54) is 0 Å². The molecule has 2 atom stereocenters. The lowest BCUT2D eigenvalue weighted by molar-refractivity contribution is 0.183. The molecule has 4 heteroatoms. The van der Waals surface area contributed by atoms with E-state index in [0.29, 0.717) is 16.9 Å². The van der Waals surface area contributed by atoms with Crippen molar-refractivity contribution < 1.29 is 4.74 Å². The lowest BCUT2D eigenvalue weighted by Crippen LogP contribution is -2.27. The van der Waals surface area contributed by atoms with Gasteiger partial charge < -0.3 is 15.8 Å². The van der Waals surface area contributed by atoms with Gasteiger partial charge in [0, 0.05) is 29.8 Å². The summed E-state index contributed by atoms with van der Waals surface area (Å²) in [6.07, 6.45) is 1.11. The highest BCUT2D eigenvalue weighted by Crippen LogP contribution is 2.22. The van der Waals surface area contributed by atoms with Gasteiger partial charge in [-0.2, -0.15) is 0 Å². The van der Waals surface area contributed by atoms with Gasteiger partial charge in [-0.3, -0.25) is 0 Å². The van der Waals surface area contributed by atoms with Crippen LogP contribution in [0.25, 0.3) is 0 Å². The Kier molecular flexibility index (Phi) is 3.97. The predicted molar refractivity (Wildman–Crippen MR) is 74.3 cm³/mol. The second kappa shape index (κ2) is 5.47. The molecule has 1 fully saturated rings. The van der Waals surface area contributed by atoms with E-state index in [0.717, 1.165) is 30.9 Å². The molecule has 17 heavy (non-hydrogen) atoms. The first-order valence-electron chi connectivity index (χ1n) is 5.91. The van der Waals surface area contributed by atoms with Crippen LogP contribution in [0.4, 0.5) is 5.69 Å². The van der Waals surface area contributed by atoms with Crippen molar-refractivity contribution in [3.05, 3.63) is 29.8 Å². The summed E-state index contributed by atoms with van der Waals surface area (Å²) in [6.45, 7) is 3.88. The number of hydrogen-bond acceptors (Lipinski definition) is 3. The summed E-state index contributed by atoms with van der Waals surface area (Å²) >= 11 is 5.05. The van der Waals surface area contributed by atoms with Crippen molar-refractivity contribution >= 4 is 22.9 Å². The highest BCUT2D eigenvalue weighted by molar-refractivity contribution is 7.80. The van der Waals surface area contributed by atoms with Crippen LogP contribution >= 0.6 is 12.2 Å². The SMILES string of the molecule is CC(Nc1ccccc1C(N)=S)C1CCOC1. The summed E-state index contributed by atoms with van der Waals surface area (Å²) < 4.78 is 5.40. The maximum absolute atomic E-state index is 5.71. The highest BCUT2D eigenvalue weighted by Gasteiger charge is 2.22. The Bertz CT molecular complexity index is 402. The van der Waals surface area contributed by atoms with E-state index < -0.39 is 0 Å². The van der Waals surface area contributed by atoms with Gasteiger partial charge in [0.1, 0.15) is 4.99 Å². The zero-order chi connectivity index (χ0) is 12.3. The highest BCUT2D eigenvalue weighted by atomic mass is 32.1.